The van der Waals surface area contributed by atoms with Crippen LogP contribution in [0.5, 0.6) is 0 Å². The van der Waals surface area contributed by atoms with Gasteiger partial charge in [-0.1, -0.05) is 6.42 Å². The molecule has 0 aromatic carbocycles. The van der Waals surface area contributed by atoms with Gasteiger partial charge >= 0.3 is 6.03 Å². The van der Waals surface area contributed by atoms with Crippen LogP contribution in [-0.4, -0.2) is 22.9 Å². The first kappa shape index (κ1) is 9.98. The molecule has 1 saturated heterocycles. The first-order valence-electron chi connectivity index (χ1n) is 4.49. The predicted molar refractivity (Wildman–Crippen MR) is 47.5 cm³/mol. The molecule has 1 heterocycles. The fourth-order valence-electron chi connectivity index (χ4n) is 1.59. The van der Waals surface area contributed by atoms with Crippen LogP contribution in [0, 0.1) is 0 Å². The molecule has 3 amide bonds. The molecule has 13 heavy (non-hydrogen) atoms. The molecule has 0 aliphatic carbocycles. The van der Waals surface area contributed by atoms with Crippen molar-refractivity contribution in [1.29, 1.82) is 0 Å². The van der Waals surface area contributed by atoms with Crippen LogP contribution in [0.1, 0.15) is 32.6 Å². The van der Waals surface area contributed by atoms with E-state index >= 15 is 0 Å². The second-order valence-corrected chi connectivity index (χ2v) is 3.31. The van der Waals surface area contributed by atoms with Gasteiger partial charge in [0.2, 0.25) is 5.91 Å². The Hall–Kier alpha value is -1.10. The minimum absolute atomic E-state index is 0.0430. The number of nitrogens with one attached hydrogen (secondary N) is 1. The number of rotatable bonds is 0. The first-order chi connectivity index (χ1) is 6.16. The maximum absolute atomic E-state index is 11.4. The highest BCUT2D eigenvalue weighted by molar-refractivity contribution is 5.94. The number of carbonyl (C=O) groups excluding carboxylic acids is 2. The van der Waals surface area contributed by atoms with Gasteiger partial charge in [0.25, 0.3) is 0 Å². The zero-order valence-corrected chi connectivity index (χ0v) is 7.75. The van der Waals surface area contributed by atoms with E-state index in [1.54, 1.807) is 0 Å². The second-order valence-electron chi connectivity index (χ2n) is 3.31. The van der Waals surface area contributed by atoms with Crippen molar-refractivity contribution >= 4 is 11.9 Å². The van der Waals surface area contributed by atoms with Crippen LogP contribution in [0.4, 0.5) is 4.79 Å². The number of nitrogens with zero attached hydrogens (tertiary/aromatic N) is 1. The van der Waals surface area contributed by atoms with E-state index in [-0.39, 0.29) is 11.9 Å². The summed E-state index contributed by atoms with van der Waals surface area (Å²) in [7, 11) is 0. The highest BCUT2D eigenvalue weighted by atomic mass is 16.2. The molecule has 5 nitrogen and oxygen atoms in total. The molecule has 74 valence electrons. The molecule has 1 atom stereocenters. The maximum atomic E-state index is 11.4. The molecule has 1 fully saturated rings. The highest BCUT2D eigenvalue weighted by Gasteiger charge is 2.27. The summed E-state index contributed by atoms with van der Waals surface area (Å²) in [4.78, 5) is 23.9. The van der Waals surface area contributed by atoms with Gasteiger partial charge in [0.15, 0.2) is 0 Å². The number of nitrogens with two attached hydrogens (primary N) is 1. The Labute approximate surface area is 77.2 Å². The molecule has 1 aliphatic heterocycles. The third-order valence-corrected chi connectivity index (χ3v) is 2.31. The summed E-state index contributed by atoms with van der Waals surface area (Å²) < 4.78 is 0. The SMILES string of the molecule is CC1CCCCC(=O)N1C(=O)NN. The number of amides is 3. The zero-order valence-electron chi connectivity index (χ0n) is 7.75. The van der Waals surface area contributed by atoms with Crippen molar-refractivity contribution in [3.05, 3.63) is 0 Å². The maximum Gasteiger partial charge on any atom is 0.338 e. The standard InChI is InChI=1S/C8H15N3O2/c1-6-4-2-3-5-7(12)11(6)8(13)10-9/h6H,2-5,9H2,1H3,(H,10,13). The van der Waals surface area contributed by atoms with Gasteiger partial charge in [0.05, 0.1) is 0 Å². The number of imide groups is 1. The predicted octanol–water partition coefficient (Wildman–Crippen LogP) is 0.361. The number of hydrogen-bond acceptors (Lipinski definition) is 3. The van der Waals surface area contributed by atoms with Gasteiger partial charge in [-0.25, -0.2) is 10.6 Å². The number of likely N-dealkylation sites (tertiary alicyclic amines) is 1. The van der Waals surface area contributed by atoms with Crippen molar-refractivity contribution in [2.75, 3.05) is 0 Å². The summed E-state index contributed by atoms with van der Waals surface area (Å²) in [6.45, 7) is 1.86. The third-order valence-electron chi connectivity index (χ3n) is 2.31. The number of urea groups is 1. The van der Waals surface area contributed by atoms with E-state index in [0.717, 1.165) is 19.3 Å². The Kier molecular flexibility index (Phi) is 3.25. The fourth-order valence-corrected chi connectivity index (χ4v) is 1.59. The van der Waals surface area contributed by atoms with E-state index in [0.29, 0.717) is 6.42 Å². The van der Waals surface area contributed by atoms with Gasteiger partial charge in [-0.2, -0.15) is 0 Å². The largest absolute Gasteiger partial charge is 0.338 e. The quantitative estimate of drug-likeness (QED) is 0.325. The van der Waals surface area contributed by atoms with Crippen molar-refractivity contribution < 1.29 is 9.59 Å². The molecular formula is C8H15N3O2. The van der Waals surface area contributed by atoms with Gasteiger partial charge < -0.3 is 0 Å². The van der Waals surface area contributed by atoms with Crippen LogP contribution in [0.25, 0.3) is 0 Å². The fraction of sp³-hybridized carbons (Fsp3) is 0.750. The smallest absolute Gasteiger partial charge is 0.275 e. The monoisotopic (exact) mass is 185 g/mol. The van der Waals surface area contributed by atoms with E-state index in [4.69, 9.17) is 5.84 Å². The lowest BCUT2D eigenvalue weighted by Crippen LogP contribution is -2.49. The topological polar surface area (TPSA) is 75.4 Å². The van der Waals surface area contributed by atoms with E-state index in [9.17, 15) is 9.59 Å². The van der Waals surface area contributed by atoms with E-state index in [1.165, 1.54) is 4.90 Å². The molecule has 0 spiro atoms. The average molecular weight is 185 g/mol. The average Bonchev–Trinajstić information content (AvgIpc) is 2.27. The molecule has 1 unspecified atom stereocenters. The van der Waals surface area contributed by atoms with Crippen LogP contribution in [-0.2, 0) is 4.79 Å². The molecule has 1 aliphatic rings. The normalized spacial score (nSPS) is 24.0. The number of hydrazine groups is 1. The Morgan fingerprint density at radius 2 is 2.31 bits per heavy atom. The minimum Gasteiger partial charge on any atom is -0.275 e. The lowest BCUT2D eigenvalue weighted by Gasteiger charge is -2.24. The molecule has 0 radical (unpaired) electrons. The first-order valence-corrected chi connectivity index (χ1v) is 4.49. The molecule has 0 saturated carbocycles. The highest BCUT2D eigenvalue weighted by Crippen LogP contribution is 2.17. The van der Waals surface area contributed by atoms with Gasteiger partial charge in [-0.15, -0.1) is 0 Å². The molecular weight excluding hydrogens is 170 g/mol. The lowest BCUT2D eigenvalue weighted by molar-refractivity contribution is -0.129. The van der Waals surface area contributed by atoms with Gasteiger partial charge in [0, 0.05) is 12.5 Å². The van der Waals surface area contributed by atoms with Crippen molar-refractivity contribution in [3.63, 3.8) is 0 Å². The molecule has 1 rings (SSSR count). The summed E-state index contributed by atoms with van der Waals surface area (Å²) in [6, 6.07) is -0.544. The van der Waals surface area contributed by atoms with Crippen molar-refractivity contribution in [2.24, 2.45) is 5.84 Å². The van der Waals surface area contributed by atoms with Crippen molar-refractivity contribution in [1.82, 2.24) is 10.3 Å². The van der Waals surface area contributed by atoms with Crippen LogP contribution in [0.15, 0.2) is 0 Å². The number of carbonyl (C=O) groups is 2. The Morgan fingerprint density at radius 3 is 2.92 bits per heavy atom. The van der Waals surface area contributed by atoms with Gasteiger partial charge in [-0.05, 0) is 19.8 Å². The number of hydrogen-bond donors (Lipinski definition) is 2. The Bertz CT molecular complexity index is 217. The van der Waals surface area contributed by atoms with Crippen LogP contribution in [0.3, 0.4) is 0 Å². The molecule has 0 aromatic rings. The van der Waals surface area contributed by atoms with Crippen LogP contribution < -0.4 is 11.3 Å². The van der Waals surface area contributed by atoms with E-state index in [1.807, 2.05) is 12.3 Å². The van der Waals surface area contributed by atoms with Crippen molar-refractivity contribution in [2.45, 2.75) is 38.6 Å². The van der Waals surface area contributed by atoms with E-state index in [2.05, 4.69) is 0 Å². The summed E-state index contributed by atoms with van der Waals surface area (Å²) in [6.07, 6.45) is 3.15. The van der Waals surface area contributed by atoms with Gasteiger partial charge in [-0.3, -0.25) is 15.1 Å². The van der Waals surface area contributed by atoms with Crippen LogP contribution in [0.2, 0.25) is 0 Å². The van der Waals surface area contributed by atoms with Crippen LogP contribution >= 0.6 is 0 Å². The zero-order chi connectivity index (χ0) is 9.84. The summed E-state index contributed by atoms with van der Waals surface area (Å²) in [5.74, 6) is 4.85. The lowest BCUT2D eigenvalue weighted by atomic mass is 10.1. The third kappa shape index (κ3) is 2.18. The van der Waals surface area contributed by atoms with Gasteiger partial charge in [0.1, 0.15) is 0 Å². The summed E-state index contributed by atoms with van der Waals surface area (Å²) in [5, 5.41) is 0. The second kappa shape index (κ2) is 4.23. The Morgan fingerprint density at radius 1 is 1.62 bits per heavy atom. The summed E-state index contributed by atoms with van der Waals surface area (Å²) >= 11 is 0. The molecule has 0 bridgehead atoms. The molecule has 0 aromatic heterocycles. The van der Waals surface area contributed by atoms with E-state index < -0.39 is 6.03 Å². The molecule has 3 N–H and O–H groups in total. The Balaban J connectivity index is 2.74. The molecule has 5 heteroatoms. The minimum atomic E-state index is -0.501. The van der Waals surface area contributed by atoms with Crippen molar-refractivity contribution in [3.8, 4) is 0 Å². The summed E-state index contributed by atoms with van der Waals surface area (Å²) in [5.41, 5.74) is 1.99.